The molecule has 0 aliphatic carbocycles. The summed E-state index contributed by atoms with van der Waals surface area (Å²) in [4.78, 5) is 14.8. The van der Waals surface area contributed by atoms with E-state index in [2.05, 4.69) is 11.9 Å². The van der Waals surface area contributed by atoms with E-state index < -0.39 is 0 Å². The van der Waals surface area contributed by atoms with Gasteiger partial charge in [0.2, 0.25) is 0 Å². The van der Waals surface area contributed by atoms with Crippen LogP contribution in [0.4, 0.5) is 5.69 Å². The molecule has 2 N–H and O–H groups in total. The van der Waals surface area contributed by atoms with Crippen molar-refractivity contribution >= 4 is 11.5 Å². The molecular formula is C17H18N2O. The molecule has 20 heavy (non-hydrogen) atoms. The zero-order valence-electron chi connectivity index (χ0n) is 11.6. The average molecular weight is 266 g/mol. The quantitative estimate of drug-likeness (QED) is 0.671. The molecule has 0 bridgehead atoms. The zero-order chi connectivity index (χ0) is 14.1. The molecule has 0 aromatic heterocycles. The largest absolute Gasteiger partial charge is 0.398 e. The molecule has 102 valence electrons. The number of ketones is 1. The van der Waals surface area contributed by atoms with E-state index in [1.165, 1.54) is 11.1 Å². The molecule has 0 amide bonds. The molecule has 0 spiro atoms. The third kappa shape index (κ3) is 2.32. The van der Waals surface area contributed by atoms with Gasteiger partial charge in [-0.05, 0) is 36.7 Å². The first kappa shape index (κ1) is 12.9. The van der Waals surface area contributed by atoms with Crippen molar-refractivity contribution in [2.24, 2.45) is 0 Å². The molecule has 3 rings (SSSR count). The monoisotopic (exact) mass is 266 g/mol. The fraction of sp³-hybridized carbons (Fsp3) is 0.235. The van der Waals surface area contributed by atoms with Crippen molar-refractivity contribution in [3.63, 3.8) is 0 Å². The van der Waals surface area contributed by atoms with Gasteiger partial charge in [0.1, 0.15) is 0 Å². The van der Waals surface area contributed by atoms with Crippen molar-refractivity contribution in [1.82, 2.24) is 4.90 Å². The molecule has 3 heteroatoms. The zero-order valence-corrected chi connectivity index (χ0v) is 11.6. The summed E-state index contributed by atoms with van der Waals surface area (Å²) in [5.41, 5.74) is 10.5. The van der Waals surface area contributed by atoms with E-state index in [0.717, 1.165) is 19.5 Å². The highest BCUT2D eigenvalue weighted by Gasteiger charge is 2.19. The molecule has 3 nitrogen and oxygen atoms in total. The standard InChI is InChI=1S/C17H18N2O/c1-19-8-7-13-10-16(18)15(9-14(13)11-19)17(20)12-5-3-2-4-6-12/h2-6,9-10H,7-8,11,18H2,1H3. The van der Waals surface area contributed by atoms with Crippen LogP contribution in [0, 0.1) is 0 Å². The first-order chi connectivity index (χ1) is 9.65. The first-order valence-corrected chi connectivity index (χ1v) is 6.84. The van der Waals surface area contributed by atoms with Gasteiger partial charge in [0.15, 0.2) is 5.78 Å². The fourth-order valence-corrected chi connectivity index (χ4v) is 2.71. The number of nitrogens with two attached hydrogens (primary N) is 1. The van der Waals surface area contributed by atoms with Gasteiger partial charge in [-0.3, -0.25) is 4.79 Å². The van der Waals surface area contributed by atoms with Crippen LogP contribution in [-0.4, -0.2) is 24.3 Å². The molecule has 0 unspecified atom stereocenters. The highest BCUT2D eigenvalue weighted by Crippen LogP contribution is 2.26. The van der Waals surface area contributed by atoms with Gasteiger partial charge in [-0.2, -0.15) is 0 Å². The van der Waals surface area contributed by atoms with Crippen molar-refractivity contribution in [3.8, 4) is 0 Å². The Morgan fingerprint density at radius 1 is 1.15 bits per heavy atom. The molecule has 1 aliphatic rings. The summed E-state index contributed by atoms with van der Waals surface area (Å²) >= 11 is 0. The van der Waals surface area contributed by atoms with Crippen LogP contribution in [-0.2, 0) is 13.0 Å². The number of carbonyl (C=O) groups is 1. The maximum atomic E-state index is 12.5. The number of carbonyl (C=O) groups excluding carboxylic acids is 1. The van der Waals surface area contributed by atoms with Crippen LogP contribution in [0.1, 0.15) is 27.0 Å². The van der Waals surface area contributed by atoms with Crippen LogP contribution < -0.4 is 5.73 Å². The Labute approximate surface area is 119 Å². The Bertz CT molecular complexity index is 650. The lowest BCUT2D eigenvalue weighted by Gasteiger charge is -2.26. The van der Waals surface area contributed by atoms with Crippen LogP contribution in [0.5, 0.6) is 0 Å². The minimum absolute atomic E-state index is 0.000809. The van der Waals surface area contributed by atoms with E-state index in [9.17, 15) is 4.79 Å². The molecular weight excluding hydrogens is 248 g/mol. The minimum Gasteiger partial charge on any atom is -0.398 e. The molecule has 0 atom stereocenters. The van der Waals surface area contributed by atoms with E-state index in [4.69, 9.17) is 5.73 Å². The Balaban J connectivity index is 2.02. The number of rotatable bonds is 2. The van der Waals surface area contributed by atoms with Gasteiger partial charge in [-0.15, -0.1) is 0 Å². The first-order valence-electron chi connectivity index (χ1n) is 6.84. The van der Waals surface area contributed by atoms with Crippen molar-refractivity contribution < 1.29 is 4.79 Å². The molecule has 2 aromatic rings. The molecule has 1 heterocycles. The highest BCUT2D eigenvalue weighted by molar-refractivity contribution is 6.12. The van der Waals surface area contributed by atoms with E-state index in [-0.39, 0.29) is 5.78 Å². The molecule has 1 aliphatic heterocycles. The number of anilines is 1. The number of likely N-dealkylation sites (N-methyl/N-ethyl adjacent to an activating group) is 1. The van der Waals surface area contributed by atoms with E-state index in [1.54, 1.807) is 0 Å². The van der Waals surface area contributed by atoms with E-state index in [0.29, 0.717) is 16.8 Å². The summed E-state index contributed by atoms with van der Waals surface area (Å²) < 4.78 is 0. The van der Waals surface area contributed by atoms with Crippen molar-refractivity contribution in [1.29, 1.82) is 0 Å². The maximum absolute atomic E-state index is 12.5. The number of hydrogen-bond donors (Lipinski definition) is 1. The van der Waals surface area contributed by atoms with Crippen LogP contribution in [0.25, 0.3) is 0 Å². The fourth-order valence-electron chi connectivity index (χ4n) is 2.71. The van der Waals surface area contributed by atoms with E-state index in [1.807, 2.05) is 42.5 Å². The Morgan fingerprint density at radius 3 is 2.65 bits per heavy atom. The Morgan fingerprint density at radius 2 is 1.90 bits per heavy atom. The van der Waals surface area contributed by atoms with Crippen LogP contribution in [0.15, 0.2) is 42.5 Å². The molecule has 2 aromatic carbocycles. The normalized spacial score (nSPS) is 14.8. The maximum Gasteiger partial charge on any atom is 0.195 e. The molecule has 0 radical (unpaired) electrons. The van der Waals surface area contributed by atoms with Crippen LogP contribution in [0.3, 0.4) is 0 Å². The predicted molar refractivity (Wildman–Crippen MR) is 80.8 cm³/mol. The Hall–Kier alpha value is -2.13. The number of benzene rings is 2. The lowest BCUT2D eigenvalue weighted by Crippen LogP contribution is -2.27. The summed E-state index contributed by atoms with van der Waals surface area (Å²) in [6.45, 7) is 1.92. The minimum atomic E-state index is -0.000809. The second-order valence-corrected chi connectivity index (χ2v) is 5.39. The summed E-state index contributed by atoms with van der Waals surface area (Å²) in [5.74, 6) is -0.000809. The second-order valence-electron chi connectivity index (χ2n) is 5.39. The van der Waals surface area contributed by atoms with Gasteiger partial charge in [0.25, 0.3) is 0 Å². The molecule has 0 saturated heterocycles. The molecule has 0 saturated carbocycles. The van der Waals surface area contributed by atoms with Crippen LogP contribution in [0.2, 0.25) is 0 Å². The number of fused-ring (bicyclic) bond motifs is 1. The van der Waals surface area contributed by atoms with Gasteiger partial charge >= 0.3 is 0 Å². The smallest absolute Gasteiger partial charge is 0.195 e. The third-order valence-electron chi connectivity index (χ3n) is 3.86. The second kappa shape index (κ2) is 5.10. The third-order valence-corrected chi connectivity index (χ3v) is 3.86. The Kier molecular flexibility index (Phi) is 3.28. The predicted octanol–water partition coefficient (Wildman–Crippen LogP) is 2.49. The van der Waals surface area contributed by atoms with Crippen LogP contribution >= 0.6 is 0 Å². The average Bonchev–Trinajstić information content (AvgIpc) is 2.47. The number of hydrogen-bond acceptors (Lipinski definition) is 3. The van der Waals surface area contributed by atoms with Gasteiger partial charge in [-0.1, -0.05) is 30.3 Å². The van der Waals surface area contributed by atoms with Gasteiger partial charge in [0.05, 0.1) is 0 Å². The summed E-state index contributed by atoms with van der Waals surface area (Å²) in [6, 6.07) is 13.2. The van der Waals surface area contributed by atoms with Gasteiger partial charge < -0.3 is 10.6 Å². The highest BCUT2D eigenvalue weighted by atomic mass is 16.1. The van der Waals surface area contributed by atoms with E-state index >= 15 is 0 Å². The molecule has 0 fully saturated rings. The van der Waals surface area contributed by atoms with Gasteiger partial charge in [-0.25, -0.2) is 0 Å². The van der Waals surface area contributed by atoms with Gasteiger partial charge in [0, 0.05) is 29.9 Å². The van der Waals surface area contributed by atoms with Crippen molar-refractivity contribution in [2.45, 2.75) is 13.0 Å². The summed E-state index contributed by atoms with van der Waals surface area (Å²) in [6.07, 6.45) is 0.996. The lowest BCUT2D eigenvalue weighted by atomic mass is 9.93. The number of nitrogens with zero attached hydrogens (tertiary/aromatic N) is 1. The van der Waals surface area contributed by atoms with Crippen molar-refractivity contribution in [3.05, 3.63) is 64.7 Å². The lowest BCUT2D eigenvalue weighted by molar-refractivity contribution is 0.103. The topological polar surface area (TPSA) is 46.3 Å². The number of nitrogen functional groups attached to an aromatic ring is 1. The summed E-state index contributed by atoms with van der Waals surface area (Å²) in [7, 11) is 2.10. The summed E-state index contributed by atoms with van der Waals surface area (Å²) in [5, 5.41) is 0. The van der Waals surface area contributed by atoms with Crippen molar-refractivity contribution in [2.75, 3.05) is 19.3 Å². The SMILES string of the molecule is CN1CCc2cc(N)c(C(=O)c3ccccc3)cc2C1.